The van der Waals surface area contributed by atoms with Gasteiger partial charge in [0.15, 0.2) is 5.78 Å². The van der Waals surface area contributed by atoms with E-state index in [9.17, 15) is 18.0 Å². The van der Waals surface area contributed by atoms with E-state index in [1.807, 2.05) is 24.3 Å². The first-order chi connectivity index (χ1) is 17.7. The number of fused-ring (bicyclic) bond motifs is 1. The van der Waals surface area contributed by atoms with Crippen LogP contribution in [-0.2, 0) is 16.4 Å². The van der Waals surface area contributed by atoms with Crippen molar-refractivity contribution < 1.29 is 18.0 Å². The smallest absolute Gasteiger partial charge is 0.326 e. The lowest BCUT2D eigenvalue weighted by molar-refractivity contribution is 0.101. The molecule has 1 fully saturated rings. The van der Waals surface area contributed by atoms with Gasteiger partial charge in [-0.3, -0.25) is 9.69 Å². The highest BCUT2D eigenvalue weighted by atomic mass is 35.5. The van der Waals surface area contributed by atoms with Crippen LogP contribution in [0.5, 0.6) is 0 Å². The number of benzene rings is 3. The van der Waals surface area contributed by atoms with Gasteiger partial charge >= 0.3 is 6.03 Å². The number of anilines is 3. The number of nitrogens with one attached hydrogen (secondary N) is 1. The Morgan fingerprint density at radius 2 is 1.65 bits per heavy atom. The SMILES string of the molecule is CC(=O)c1cccc(NC(=O)N2CCc3cc(S(=O)(=O)N4CCN(c5cccc(Cl)c5)CC4)ccc32)c1. The topological polar surface area (TPSA) is 90.0 Å². The second kappa shape index (κ2) is 10.2. The molecule has 0 unspecified atom stereocenters. The predicted molar refractivity (Wildman–Crippen MR) is 145 cm³/mol. The first-order valence-corrected chi connectivity index (χ1v) is 13.9. The lowest BCUT2D eigenvalue weighted by Gasteiger charge is -2.35. The molecule has 0 atom stereocenters. The Morgan fingerprint density at radius 1 is 0.892 bits per heavy atom. The lowest BCUT2D eigenvalue weighted by Crippen LogP contribution is -2.48. The fraction of sp³-hybridized carbons (Fsp3) is 0.259. The molecule has 2 heterocycles. The molecule has 8 nitrogen and oxygen atoms in total. The van der Waals surface area contributed by atoms with Crippen molar-refractivity contribution >= 4 is 50.5 Å². The number of Topliss-reactive ketones (excluding diaryl/α,β-unsaturated/α-hetero) is 1. The number of urea groups is 1. The van der Waals surface area contributed by atoms with Crippen LogP contribution in [0.1, 0.15) is 22.8 Å². The van der Waals surface area contributed by atoms with Crippen LogP contribution in [0.3, 0.4) is 0 Å². The van der Waals surface area contributed by atoms with Crippen LogP contribution >= 0.6 is 11.6 Å². The molecule has 1 saturated heterocycles. The summed E-state index contributed by atoms with van der Waals surface area (Å²) in [6.45, 7) is 3.81. The van der Waals surface area contributed by atoms with E-state index < -0.39 is 10.0 Å². The van der Waals surface area contributed by atoms with Gasteiger partial charge < -0.3 is 10.2 Å². The van der Waals surface area contributed by atoms with E-state index in [4.69, 9.17) is 11.6 Å². The number of hydrogen-bond donors (Lipinski definition) is 1. The first-order valence-electron chi connectivity index (χ1n) is 12.1. The van der Waals surface area contributed by atoms with E-state index in [0.717, 1.165) is 11.3 Å². The van der Waals surface area contributed by atoms with E-state index in [2.05, 4.69) is 10.2 Å². The van der Waals surface area contributed by atoms with E-state index in [0.29, 0.717) is 61.1 Å². The number of amides is 2. The van der Waals surface area contributed by atoms with Crippen molar-refractivity contribution in [3.8, 4) is 0 Å². The fourth-order valence-corrected chi connectivity index (χ4v) is 6.42. The molecule has 0 aromatic heterocycles. The molecule has 192 valence electrons. The first kappa shape index (κ1) is 25.3. The molecular weight excluding hydrogens is 512 g/mol. The zero-order valence-corrected chi connectivity index (χ0v) is 21.9. The molecule has 0 radical (unpaired) electrons. The van der Waals surface area contributed by atoms with Gasteiger partial charge in [0.05, 0.1) is 4.90 Å². The number of ketones is 1. The molecule has 5 rings (SSSR count). The van der Waals surface area contributed by atoms with Crippen molar-refractivity contribution in [2.45, 2.75) is 18.2 Å². The molecule has 2 aliphatic heterocycles. The average molecular weight is 539 g/mol. The maximum Gasteiger partial charge on any atom is 0.326 e. The molecule has 1 N–H and O–H groups in total. The van der Waals surface area contributed by atoms with Crippen LogP contribution in [0, 0.1) is 0 Å². The summed E-state index contributed by atoms with van der Waals surface area (Å²) >= 11 is 6.11. The molecule has 0 bridgehead atoms. The molecule has 0 saturated carbocycles. The lowest BCUT2D eigenvalue weighted by atomic mass is 10.1. The molecular formula is C27H27ClN4O4S. The summed E-state index contributed by atoms with van der Waals surface area (Å²) in [4.78, 5) is 28.5. The van der Waals surface area contributed by atoms with E-state index >= 15 is 0 Å². The van der Waals surface area contributed by atoms with Gasteiger partial charge in [-0.1, -0.05) is 29.8 Å². The van der Waals surface area contributed by atoms with Gasteiger partial charge in [-0.25, -0.2) is 13.2 Å². The average Bonchev–Trinajstić information content (AvgIpc) is 3.32. The number of carbonyl (C=O) groups is 2. The standard InChI is InChI=1S/C27H27ClN4O4S/c1-19(33)20-4-2-6-23(16-20)29-27(34)32-11-10-21-17-25(8-9-26(21)32)37(35,36)31-14-12-30(13-15-31)24-7-3-5-22(28)18-24/h2-9,16-18H,10-15H2,1H3,(H,29,34). The Morgan fingerprint density at radius 3 is 2.38 bits per heavy atom. The van der Waals surface area contributed by atoms with E-state index in [-0.39, 0.29) is 16.7 Å². The molecule has 3 aromatic carbocycles. The number of rotatable bonds is 5. The molecule has 2 amide bonds. The number of halogens is 1. The Balaban J connectivity index is 1.27. The van der Waals surface area contributed by atoms with E-state index in [1.54, 1.807) is 47.4 Å². The third-order valence-corrected chi connectivity index (χ3v) is 8.89. The highest BCUT2D eigenvalue weighted by Gasteiger charge is 2.31. The monoisotopic (exact) mass is 538 g/mol. The summed E-state index contributed by atoms with van der Waals surface area (Å²) in [6, 6.07) is 19.0. The second-order valence-corrected chi connectivity index (χ2v) is 11.5. The van der Waals surface area contributed by atoms with Gasteiger partial charge in [0.25, 0.3) is 0 Å². The number of hydrogen-bond acceptors (Lipinski definition) is 5. The zero-order valence-electron chi connectivity index (χ0n) is 20.4. The largest absolute Gasteiger partial charge is 0.369 e. The van der Waals surface area contributed by atoms with Crippen molar-refractivity contribution in [2.75, 3.05) is 47.8 Å². The van der Waals surface area contributed by atoms with Crippen LogP contribution in [0.25, 0.3) is 0 Å². The molecule has 0 aliphatic carbocycles. The van der Waals surface area contributed by atoms with Crippen molar-refractivity contribution in [3.05, 3.63) is 82.9 Å². The Kier molecular flexibility index (Phi) is 6.94. The summed E-state index contributed by atoms with van der Waals surface area (Å²) in [6.07, 6.45) is 0.558. The third-order valence-electron chi connectivity index (χ3n) is 6.76. The summed E-state index contributed by atoms with van der Waals surface area (Å²) in [5, 5.41) is 3.48. The Hall–Kier alpha value is -3.40. The molecule has 2 aliphatic rings. The second-order valence-electron chi connectivity index (χ2n) is 9.13. The maximum atomic E-state index is 13.4. The van der Waals surface area contributed by atoms with Crippen LogP contribution in [0.15, 0.2) is 71.6 Å². The molecule has 3 aromatic rings. The predicted octanol–water partition coefficient (Wildman–Crippen LogP) is 4.65. The van der Waals surface area contributed by atoms with Crippen molar-refractivity contribution in [1.29, 1.82) is 0 Å². The number of nitrogens with zero attached hydrogens (tertiary/aromatic N) is 3. The van der Waals surface area contributed by atoms with Gasteiger partial charge in [-0.15, -0.1) is 0 Å². The van der Waals surface area contributed by atoms with Crippen molar-refractivity contribution in [3.63, 3.8) is 0 Å². The minimum absolute atomic E-state index is 0.0813. The number of carbonyl (C=O) groups excluding carboxylic acids is 2. The molecule has 10 heteroatoms. The Labute approximate surface area is 221 Å². The zero-order chi connectivity index (χ0) is 26.2. The van der Waals surface area contributed by atoms with E-state index in [1.165, 1.54) is 11.2 Å². The van der Waals surface area contributed by atoms with Gasteiger partial charge in [-0.2, -0.15) is 4.31 Å². The Bertz CT molecular complexity index is 1470. The third kappa shape index (κ3) is 5.20. The van der Waals surface area contributed by atoms with Gasteiger partial charge in [0.2, 0.25) is 10.0 Å². The quantitative estimate of drug-likeness (QED) is 0.478. The summed E-state index contributed by atoms with van der Waals surface area (Å²) in [7, 11) is -3.67. The van der Waals surface area contributed by atoms with Gasteiger partial charge in [0.1, 0.15) is 0 Å². The molecule has 37 heavy (non-hydrogen) atoms. The van der Waals surface area contributed by atoms with Crippen molar-refractivity contribution in [2.24, 2.45) is 0 Å². The minimum Gasteiger partial charge on any atom is -0.369 e. The number of sulfonamides is 1. The van der Waals surface area contributed by atoms with Gasteiger partial charge in [0, 0.05) is 60.4 Å². The normalized spacial score (nSPS) is 15.9. The highest BCUT2D eigenvalue weighted by molar-refractivity contribution is 7.89. The summed E-state index contributed by atoms with van der Waals surface area (Å²) in [5.74, 6) is -0.0813. The van der Waals surface area contributed by atoms with Crippen LogP contribution in [-0.4, -0.2) is 57.3 Å². The fourth-order valence-electron chi connectivity index (χ4n) is 4.76. The summed E-state index contributed by atoms with van der Waals surface area (Å²) in [5.41, 5.74) is 3.52. The summed E-state index contributed by atoms with van der Waals surface area (Å²) < 4.78 is 28.3. The highest BCUT2D eigenvalue weighted by Crippen LogP contribution is 2.32. The van der Waals surface area contributed by atoms with Gasteiger partial charge in [-0.05, 0) is 67.4 Å². The van der Waals surface area contributed by atoms with Crippen LogP contribution in [0.2, 0.25) is 5.02 Å². The van der Waals surface area contributed by atoms with Crippen molar-refractivity contribution in [1.82, 2.24) is 4.31 Å². The minimum atomic E-state index is -3.67. The maximum absolute atomic E-state index is 13.4. The molecule has 0 spiro atoms. The van der Waals surface area contributed by atoms with Crippen LogP contribution < -0.4 is 15.1 Å². The number of piperazine rings is 1. The van der Waals surface area contributed by atoms with Crippen LogP contribution in [0.4, 0.5) is 21.9 Å².